The third kappa shape index (κ3) is 1.33. The lowest BCUT2D eigenvalue weighted by Gasteiger charge is -2.36. The number of carbonyl (C=O) groups excluding carboxylic acids is 1. The Hall–Kier alpha value is -0.570. The summed E-state index contributed by atoms with van der Waals surface area (Å²) in [5.74, 6) is 0.233. The standard InChI is InChI=1S/C9H16N2O/c1-11-7-3-2-4-8(11)6-10-9(12)5-7/h7-8H,2-6H2,1H3,(H,10,12)/t7-,8-/m0/s1. The summed E-state index contributed by atoms with van der Waals surface area (Å²) in [5, 5.41) is 2.97. The first-order valence-corrected chi connectivity index (χ1v) is 4.76. The maximum Gasteiger partial charge on any atom is 0.221 e. The van der Waals surface area contributed by atoms with Gasteiger partial charge in [-0.1, -0.05) is 6.42 Å². The van der Waals surface area contributed by atoms with E-state index in [4.69, 9.17) is 0 Å². The summed E-state index contributed by atoms with van der Waals surface area (Å²) < 4.78 is 0. The Morgan fingerprint density at radius 3 is 3.00 bits per heavy atom. The van der Waals surface area contributed by atoms with E-state index >= 15 is 0 Å². The highest BCUT2D eigenvalue weighted by atomic mass is 16.1. The molecule has 2 aliphatic heterocycles. The molecule has 3 heteroatoms. The van der Waals surface area contributed by atoms with Crippen LogP contribution in [0.25, 0.3) is 0 Å². The summed E-state index contributed by atoms with van der Waals surface area (Å²) in [6, 6.07) is 1.10. The second-order valence-electron chi connectivity index (χ2n) is 3.91. The molecule has 68 valence electrons. The molecule has 2 atom stereocenters. The Balaban J connectivity index is 2.13. The number of nitrogens with zero attached hydrogens (tertiary/aromatic N) is 1. The van der Waals surface area contributed by atoms with Crippen LogP contribution in [0.1, 0.15) is 25.7 Å². The van der Waals surface area contributed by atoms with Crippen molar-refractivity contribution in [3.8, 4) is 0 Å². The van der Waals surface area contributed by atoms with Crippen LogP contribution in [0.3, 0.4) is 0 Å². The topological polar surface area (TPSA) is 32.3 Å². The molecule has 0 saturated carbocycles. The fourth-order valence-corrected chi connectivity index (χ4v) is 2.30. The highest BCUT2D eigenvalue weighted by Crippen LogP contribution is 2.24. The fraction of sp³-hybridized carbons (Fsp3) is 0.889. The Morgan fingerprint density at radius 2 is 2.17 bits per heavy atom. The van der Waals surface area contributed by atoms with Crippen molar-refractivity contribution in [2.45, 2.75) is 37.8 Å². The minimum absolute atomic E-state index is 0.233. The van der Waals surface area contributed by atoms with Crippen LogP contribution in [0.15, 0.2) is 0 Å². The van der Waals surface area contributed by atoms with Crippen molar-refractivity contribution in [1.29, 1.82) is 0 Å². The predicted molar refractivity (Wildman–Crippen MR) is 46.8 cm³/mol. The smallest absolute Gasteiger partial charge is 0.221 e. The number of nitrogens with one attached hydrogen (secondary N) is 1. The van der Waals surface area contributed by atoms with E-state index in [-0.39, 0.29) is 5.91 Å². The zero-order valence-electron chi connectivity index (χ0n) is 7.55. The number of piperidine rings is 1. The monoisotopic (exact) mass is 168 g/mol. The molecule has 12 heavy (non-hydrogen) atoms. The lowest BCUT2D eigenvalue weighted by atomic mass is 9.96. The zero-order valence-corrected chi connectivity index (χ0v) is 7.55. The van der Waals surface area contributed by atoms with Gasteiger partial charge in [0.1, 0.15) is 0 Å². The Labute approximate surface area is 73.1 Å². The highest BCUT2D eigenvalue weighted by molar-refractivity contribution is 5.76. The molecule has 2 bridgehead atoms. The molecule has 2 rings (SSSR count). The largest absolute Gasteiger partial charge is 0.354 e. The van der Waals surface area contributed by atoms with E-state index in [0.717, 1.165) is 6.54 Å². The molecule has 1 amide bonds. The first kappa shape index (κ1) is 8.05. The number of rotatable bonds is 0. The summed E-state index contributed by atoms with van der Waals surface area (Å²) in [6.45, 7) is 0.853. The summed E-state index contributed by atoms with van der Waals surface area (Å²) in [6.07, 6.45) is 4.43. The van der Waals surface area contributed by atoms with E-state index in [1.54, 1.807) is 0 Å². The summed E-state index contributed by atoms with van der Waals surface area (Å²) >= 11 is 0. The quantitative estimate of drug-likeness (QED) is 0.566. The molecule has 0 aromatic heterocycles. The second kappa shape index (κ2) is 3.05. The molecule has 2 heterocycles. The first-order chi connectivity index (χ1) is 5.77. The van der Waals surface area contributed by atoms with Crippen molar-refractivity contribution >= 4 is 5.91 Å². The average Bonchev–Trinajstić information content (AvgIpc) is 2.17. The predicted octanol–water partition coefficient (Wildman–Crippen LogP) is 0.359. The van der Waals surface area contributed by atoms with Crippen molar-refractivity contribution in [3.05, 3.63) is 0 Å². The maximum atomic E-state index is 11.2. The molecule has 0 aromatic carbocycles. The second-order valence-corrected chi connectivity index (χ2v) is 3.91. The minimum Gasteiger partial charge on any atom is -0.354 e. The highest BCUT2D eigenvalue weighted by Gasteiger charge is 2.31. The van der Waals surface area contributed by atoms with Crippen molar-refractivity contribution in [2.75, 3.05) is 13.6 Å². The van der Waals surface area contributed by atoms with Crippen LogP contribution in [0.4, 0.5) is 0 Å². The van der Waals surface area contributed by atoms with Gasteiger partial charge in [0.2, 0.25) is 5.91 Å². The van der Waals surface area contributed by atoms with Gasteiger partial charge >= 0.3 is 0 Å². The lowest BCUT2D eigenvalue weighted by Crippen LogP contribution is -2.44. The fourth-order valence-electron chi connectivity index (χ4n) is 2.30. The van der Waals surface area contributed by atoms with E-state index in [1.165, 1.54) is 19.3 Å². The van der Waals surface area contributed by atoms with Crippen LogP contribution < -0.4 is 5.32 Å². The maximum absolute atomic E-state index is 11.2. The molecule has 0 spiro atoms. The molecule has 2 aliphatic rings. The van der Waals surface area contributed by atoms with Crippen LogP contribution in [0.2, 0.25) is 0 Å². The molecule has 1 N–H and O–H groups in total. The molecule has 3 nitrogen and oxygen atoms in total. The van der Waals surface area contributed by atoms with Crippen molar-refractivity contribution in [2.24, 2.45) is 0 Å². The van der Waals surface area contributed by atoms with Gasteiger partial charge in [-0.15, -0.1) is 0 Å². The van der Waals surface area contributed by atoms with Gasteiger partial charge in [0.15, 0.2) is 0 Å². The number of fused-ring (bicyclic) bond motifs is 2. The van der Waals surface area contributed by atoms with Crippen LogP contribution in [0.5, 0.6) is 0 Å². The van der Waals surface area contributed by atoms with E-state index in [9.17, 15) is 4.79 Å². The van der Waals surface area contributed by atoms with E-state index in [2.05, 4.69) is 17.3 Å². The summed E-state index contributed by atoms with van der Waals surface area (Å²) in [5.41, 5.74) is 0. The van der Waals surface area contributed by atoms with Gasteiger partial charge in [0, 0.05) is 25.0 Å². The van der Waals surface area contributed by atoms with Crippen LogP contribution in [-0.4, -0.2) is 36.5 Å². The Bertz CT molecular complexity index is 193. The molecular formula is C9H16N2O. The zero-order chi connectivity index (χ0) is 8.55. The number of hydrogen-bond donors (Lipinski definition) is 1. The summed E-state index contributed by atoms with van der Waals surface area (Å²) in [4.78, 5) is 13.6. The number of likely N-dealkylation sites (N-methyl/N-ethyl adjacent to an activating group) is 1. The molecular weight excluding hydrogens is 152 g/mol. The van der Waals surface area contributed by atoms with E-state index < -0.39 is 0 Å². The van der Waals surface area contributed by atoms with Crippen LogP contribution in [0, 0.1) is 0 Å². The number of carbonyl (C=O) groups is 1. The molecule has 2 fully saturated rings. The normalized spacial score (nSPS) is 37.2. The van der Waals surface area contributed by atoms with Gasteiger partial charge in [-0.2, -0.15) is 0 Å². The SMILES string of the molecule is CN1[C@H]2CCC[C@H]1CC(=O)NC2. The van der Waals surface area contributed by atoms with Crippen LogP contribution in [-0.2, 0) is 4.79 Å². The van der Waals surface area contributed by atoms with Crippen molar-refractivity contribution in [1.82, 2.24) is 10.2 Å². The van der Waals surface area contributed by atoms with Crippen LogP contribution >= 0.6 is 0 Å². The molecule has 0 unspecified atom stereocenters. The van der Waals surface area contributed by atoms with Crippen molar-refractivity contribution in [3.63, 3.8) is 0 Å². The Kier molecular flexibility index (Phi) is 2.05. The van der Waals surface area contributed by atoms with Gasteiger partial charge in [0.05, 0.1) is 0 Å². The third-order valence-electron chi connectivity index (χ3n) is 3.18. The Morgan fingerprint density at radius 1 is 1.42 bits per heavy atom. The molecule has 0 aliphatic carbocycles. The van der Waals surface area contributed by atoms with Gasteiger partial charge in [0.25, 0.3) is 0 Å². The minimum atomic E-state index is 0.233. The number of amides is 1. The van der Waals surface area contributed by atoms with Gasteiger partial charge in [-0.25, -0.2) is 0 Å². The molecule has 2 saturated heterocycles. The molecule has 0 radical (unpaired) electrons. The third-order valence-corrected chi connectivity index (χ3v) is 3.18. The molecule has 0 aromatic rings. The first-order valence-electron chi connectivity index (χ1n) is 4.76. The van der Waals surface area contributed by atoms with Crippen molar-refractivity contribution < 1.29 is 4.79 Å². The van der Waals surface area contributed by atoms with Gasteiger partial charge in [-0.3, -0.25) is 9.69 Å². The number of hydrogen-bond acceptors (Lipinski definition) is 2. The average molecular weight is 168 g/mol. The van der Waals surface area contributed by atoms with E-state index in [0.29, 0.717) is 18.5 Å². The van der Waals surface area contributed by atoms with Gasteiger partial charge < -0.3 is 5.32 Å². The summed E-state index contributed by atoms with van der Waals surface area (Å²) in [7, 11) is 2.15. The van der Waals surface area contributed by atoms with E-state index in [1.807, 2.05) is 0 Å². The lowest BCUT2D eigenvalue weighted by molar-refractivity contribution is -0.121. The van der Waals surface area contributed by atoms with Gasteiger partial charge in [-0.05, 0) is 19.9 Å².